The maximum absolute atomic E-state index is 2.56. The SMILES string of the molecule is c1ccc(N2c3cccc4c3B(c3ccc5c(sc6ccccc65)c32)c2ccc3c5cccc6c7ccccc7n(c3c2N4c2ccccc2)c65)cc1. The Labute approximate surface area is 309 Å². The quantitative estimate of drug-likeness (QED) is 0.167. The predicted octanol–water partition coefficient (Wildman–Crippen LogP) is 11.3. The molecule has 53 heavy (non-hydrogen) atoms. The van der Waals surface area contributed by atoms with E-state index >= 15 is 0 Å². The molecular formula is C48H28BN3S. The first-order chi connectivity index (χ1) is 26.3. The average Bonchev–Trinajstić information content (AvgIpc) is 3.89. The van der Waals surface area contributed by atoms with Gasteiger partial charge in [-0.3, -0.25) is 0 Å². The van der Waals surface area contributed by atoms with Crippen LogP contribution in [0.25, 0.3) is 58.3 Å². The van der Waals surface area contributed by atoms with Crippen LogP contribution in [0.4, 0.5) is 34.1 Å². The second-order valence-electron chi connectivity index (χ2n) is 14.4. The van der Waals surface area contributed by atoms with E-state index in [4.69, 9.17) is 0 Å². The third kappa shape index (κ3) is 3.46. The average molecular weight is 690 g/mol. The fraction of sp³-hybridized carbons (Fsp3) is 0. The van der Waals surface area contributed by atoms with Crippen molar-refractivity contribution in [1.82, 2.24) is 4.40 Å². The molecule has 244 valence electrons. The van der Waals surface area contributed by atoms with Gasteiger partial charge in [0, 0.05) is 59.8 Å². The Hall–Kier alpha value is -6.56. The van der Waals surface area contributed by atoms with Gasteiger partial charge in [0.15, 0.2) is 0 Å². The van der Waals surface area contributed by atoms with Gasteiger partial charge in [0.25, 0.3) is 6.71 Å². The van der Waals surface area contributed by atoms with Crippen molar-refractivity contribution in [2.24, 2.45) is 0 Å². The topological polar surface area (TPSA) is 10.9 Å². The second-order valence-corrected chi connectivity index (χ2v) is 15.5. The zero-order valence-corrected chi connectivity index (χ0v) is 29.3. The van der Waals surface area contributed by atoms with Gasteiger partial charge in [-0.25, -0.2) is 0 Å². The van der Waals surface area contributed by atoms with Gasteiger partial charge in [0.2, 0.25) is 0 Å². The van der Waals surface area contributed by atoms with Gasteiger partial charge in [-0.2, -0.15) is 0 Å². The molecule has 0 atom stereocenters. The van der Waals surface area contributed by atoms with Gasteiger partial charge in [0.05, 0.1) is 32.6 Å². The van der Waals surface area contributed by atoms with E-state index in [1.165, 1.54) is 103 Å². The summed E-state index contributed by atoms with van der Waals surface area (Å²) in [6.45, 7) is 0.0343. The summed E-state index contributed by atoms with van der Waals surface area (Å²) in [6.07, 6.45) is 0. The predicted molar refractivity (Wildman–Crippen MR) is 228 cm³/mol. The summed E-state index contributed by atoms with van der Waals surface area (Å²) in [6, 6.07) is 63.2. The second kappa shape index (κ2) is 10.1. The van der Waals surface area contributed by atoms with Crippen LogP contribution in [0.2, 0.25) is 0 Å². The van der Waals surface area contributed by atoms with Gasteiger partial charge < -0.3 is 14.2 Å². The lowest BCUT2D eigenvalue weighted by Crippen LogP contribution is -2.61. The third-order valence-electron chi connectivity index (χ3n) is 11.9. The normalized spacial score (nSPS) is 13.5. The first kappa shape index (κ1) is 28.1. The third-order valence-corrected chi connectivity index (χ3v) is 13.1. The Morgan fingerprint density at radius 3 is 1.70 bits per heavy atom. The highest BCUT2D eigenvalue weighted by atomic mass is 32.1. The largest absolute Gasteiger partial charge is 0.310 e. The van der Waals surface area contributed by atoms with E-state index in [2.05, 4.69) is 184 Å². The molecule has 0 aliphatic carbocycles. The van der Waals surface area contributed by atoms with Crippen LogP contribution in [-0.2, 0) is 0 Å². The Morgan fingerprint density at radius 2 is 0.943 bits per heavy atom. The fourth-order valence-corrected chi connectivity index (χ4v) is 11.1. The van der Waals surface area contributed by atoms with Crippen LogP contribution in [0.5, 0.6) is 0 Å². The van der Waals surface area contributed by atoms with Gasteiger partial charge in [0.1, 0.15) is 0 Å². The van der Waals surface area contributed by atoms with Crippen molar-refractivity contribution in [1.29, 1.82) is 0 Å². The Bertz CT molecular complexity index is 3310. The summed E-state index contributed by atoms with van der Waals surface area (Å²) >= 11 is 1.92. The fourth-order valence-electron chi connectivity index (χ4n) is 9.87. The molecule has 2 aliphatic heterocycles. The van der Waals surface area contributed by atoms with Crippen molar-refractivity contribution in [2.45, 2.75) is 0 Å². The van der Waals surface area contributed by atoms with Crippen molar-refractivity contribution < 1.29 is 0 Å². The lowest BCUT2D eigenvalue weighted by atomic mass is 9.33. The van der Waals surface area contributed by atoms with E-state index in [9.17, 15) is 0 Å². The molecule has 8 aromatic carbocycles. The van der Waals surface area contributed by atoms with Gasteiger partial charge >= 0.3 is 0 Å². The Morgan fingerprint density at radius 1 is 0.396 bits per heavy atom. The minimum absolute atomic E-state index is 0.0343. The smallest absolute Gasteiger partial charge is 0.252 e. The number of hydrogen-bond donors (Lipinski definition) is 0. The zero-order valence-electron chi connectivity index (χ0n) is 28.5. The monoisotopic (exact) mass is 689 g/mol. The summed E-state index contributed by atoms with van der Waals surface area (Å²) in [5, 5.41) is 7.83. The molecule has 0 fully saturated rings. The van der Waals surface area contributed by atoms with Gasteiger partial charge in [-0.05, 0) is 64.9 Å². The summed E-state index contributed by atoms with van der Waals surface area (Å²) < 4.78 is 5.22. The summed E-state index contributed by atoms with van der Waals surface area (Å²) in [5.74, 6) is 0. The number of thiophene rings is 1. The van der Waals surface area contributed by atoms with Crippen molar-refractivity contribution in [3.8, 4) is 0 Å². The van der Waals surface area contributed by atoms with E-state index < -0.39 is 0 Å². The standard InChI is InChI=1S/C48H28BN3S/c1-3-13-29(14-4-1)50-40-22-12-23-41-43(40)49(37-27-25-35-34-20-11-19-33-31-17-7-9-21-39(31)52(44(33)34)45(35)46(37)50)38-28-26-36-32-18-8-10-24-42(32)53-48(36)47(38)51(41)30-15-5-2-6-16-30/h1-28H. The van der Waals surface area contributed by atoms with E-state index in [1.54, 1.807) is 0 Å². The van der Waals surface area contributed by atoms with Crippen LogP contribution in [0, 0.1) is 0 Å². The van der Waals surface area contributed by atoms with Crippen molar-refractivity contribution in [3.63, 3.8) is 0 Å². The van der Waals surface area contributed by atoms with E-state index in [1.807, 2.05) is 11.3 Å². The van der Waals surface area contributed by atoms with Gasteiger partial charge in [-0.15, -0.1) is 11.3 Å². The lowest BCUT2D eigenvalue weighted by Gasteiger charge is -2.44. The molecule has 11 aromatic rings. The number of rotatable bonds is 2. The first-order valence-electron chi connectivity index (χ1n) is 18.3. The molecule has 0 N–H and O–H groups in total. The van der Waals surface area contributed by atoms with Crippen LogP contribution in [0.3, 0.4) is 0 Å². The molecule has 3 nitrogen and oxygen atoms in total. The lowest BCUT2D eigenvalue weighted by molar-refractivity contribution is 1.25. The number of fused-ring (bicyclic) bond motifs is 15. The number of para-hydroxylation sites is 4. The van der Waals surface area contributed by atoms with Crippen molar-refractivity contribution in [3.05, 3.63) is 170 Å². The molecule has 0 amide bonds. The van der Waals surface area contributed by atoms with E-state index in [-0.39, 0.29) is 6.71 Å². The molecule has 0 bridgehead atoms. The molecule has 0 unspecified atom stereocenters. The molecule has 0 radical (unpaired) electrons. The molecule has 0 spiro atoms. The Balaban J connectivity index is 1.23. The van der Waals surface area contributed by atoms with Crippen LogP contribution in [0.15, 0.2) is 170 Å². The molecule has 0 saturated heterocycles. The summed E-state index contributed by atoms with van der Waals surface area (Å²) in [7, 11) is 0. The minimum atomic E-state index is 0.0343. The number of benzene rings is 8. The van der Waals surface area contributed by atoms with E-state index in [0.29, 0.717) is 0 Å². The van der Waals surface area contributed by atoms with Crippen LogP contribution < -0.4 is 26.2 Å². The highest BCUT2D eigenvalue weighted by Crippen LogP contribution is 2.51. The number of aromatic nitrogens is 1. The molecule has 2 aliphatic rings. The number of nitrogens with zero attached hydrogens (tertiary/aromatic N) is 3. The minimum Gasteiger partial charge on any atom is -0.310 e. The number of anilines is 6. The highest BCUT2D eigenvalue weighted by molar-refractivity contribution is 7.26. The summed E-state index contributed by atoms with van der Waals surface area (Å²) in [4.78, 5) is 5.10. The molecular weight excluding hydrogens is 661 g/mol. The molecule has 5 heteroatoms. The molecule has 13 rings (SSSR count). The van der Waals surface area contributed by atoms with Crippen molar-refractivity contribution >= 4 is 127 Å². The molecule has 3 aromatic heterocycles. The van der Waals surface area contributed by atoms with Crippen LogP contribution >= 0.6 is 11.3 Å². The summed E-state index contributed by atoms with van der Waals surface area (Å²) in [5.41, 5.74) is 15.2. The van der Waals surface area contributed by atoms with E-state index in [0.717, 1.165) is 5.69 Å². The Kier molecular flexibility index (Phi) is 5.33. The zero-order chi connectivity index (χ0) is 34.4. The van der Waals surface area contributed by atoms with Crippen molar-refractivity contribution in [2.75, 3.05) is 9.80 Å². The highest BCUT2D eigenvalue weighted by Gasteiger charge is 2.45. The molecule has 5 heterocycles. The maximum Gasteiger partial charge on any atom is 0.252 e. The first-order valence-corrected chi connectivity index (χ1v) is 19.1. The van der Waals surface area contributed by atoms with Gasteiger partial charge in [-0.1, -0.05) is 121 Å². The number of hydrogen-bond acceptors (Lipinski definition) is 3. The van der Waals surface area contributed by atoms with Crippen LogP contribution in [0.1, 0.15) is 0 Å². The molecule has 0 saturated carbocycles. The van der Waals surface area contributed by atoms with Crippen LogP contribution in [-0.4, -0.2) is 11.1 Å². The maximum atomic E-state index is 2.56.